The molecule has 39 heavy (non-hydrogen) atoms. The SMILES string of the molecule is Cc1c(-c2ccc(OC(C)C)cc2)n(CC(O)COc2ccccc2)c2ccc(OCc3ccccc3)cc12. The number of hydrogen-bond acceptors (Lipinski definition) is 4. The number of rotatable bonds is 11. The minimum atomic E-state index is -0.698. The lowest BCUT2D eigenvalue weighted by atomic mass is 10.1. The van der Waals surface area contributed by atoms with Crippen molar-refractivity contribution in [1.29, 1.82) is 0 Å². The molecule has 0 saturated heterocycles. The van der Waals surface area contributed by atoms with Crippen LogP contribution in [0.2, 0.25) is 0 Å². The number of fused-ring (bicyclic) bond motifs is 1. The summed E-state index contributed by atoms with van der Waals surface area (Å²) in [7, 11) is 0. The van der Waals surface area contributed by atoms with Gasteiger partial charge in [0, 0.05) is 10.9 Å². The van der Waals surface area contributed by atoms with E-state index in [2.05, 4.69) is 47.9 Å². The lowest BCUT2D eigenvalue weighted by Gasteiger charge is -2.18. The van der Waals surface area contributed by atoms with E-state index in [9.17, 15) is 5.11 Å². The first-order valence-electron chi connectivity index (χ1n) is 13.4. The van der Waals surface area contributed by atoms with Gasteiger partial charge in [-0.2, -0.15) is 0 Å². The van der Waals surface area contributed by atoms with Crippen LogP contribution in [-0.2, 0) is 13.2 Å². The van der Waals surface area contributed by atoms with Gasteiger partial charge in [0.2, 0.25) is 0 Å². The van der Waals surface area contributed by atoms with Gasteiger partial charge in [0.05, 0.1) is 18.3 Å². The van der Waals surface area contributed by atoms with E-state index in [1.807, 2.05) is 80.6 Å². The van der Waals surface area contributed by atoms with E-state index < -0.39 is 6.10 Å². The Morgan fingerprint density at radius 1 is 0.744 bits per heavy atom. The average Bonchev–Trinajstić information content (AvgIpc) is 3.22. The highest BCUT2D eigenvalue weighted by molar-refractivity contribution is 5.92. The van der Waals surface area contributed by atoms with Gasteiger partial charge in [0.25, 0.3) is 0 Å². The van der Waals surface area contributed by atoms with Gasteiger partial charge in [-0.1, -0.05) is 48.5 Å². The second-order valence-electron chi connectivity index (χ2n) is 10.0. The minimum absolute atomic E-state index is 0.109. The van der Waals surface area contributed by atoms with Crippen LogP contribution in [0.5, 0.6) is 17.2 Å². The van der Waals surface area contributed by atoms with E-state index in [0.29, 0.717) is 13.2 Å². The summed E-state index contributed by atoms with van der Waals surface area (Å²) < 4.78 is 20.0. The summed E-state index contributed by atoms with van der Waals surface area (Å²) >= 11 is 0. The van der Waals surface area contributed by atoms with Crippen molar-refractivity contribution < 1.29 is 19.3 Å². The molecule has 0 radical (unpaired) electrons. The predicted molar refractivity (Wildman–Crippen MR) is 157 cm³/mol. The van der Waals surface area contributed by atoms with Crippen LogP contribution in [0.25, 0.3) is 22.2 Å². The molecule has 5 nitrogen and oxygen atoms in total. The van der Waals surface area contributed by atoms with Crippen LogP contribution in [0.4, 0.5) is 0 Å². The maximum absolute atomic E-state index is 11.0. The Kier molecular flexibility index (Phi) is 8.18. The second-order valence-corrected chi connectivity index (χ2v) is 10.0. The molecular weight excluding hydrogens is 486 g/mol. The Hall–Kier alpha value is -4.22. The zero-order chi connectivity index (χ0) is 27.2. The smallest absolute Gasteiger partial charge is 0.120 e. The zero-order valence-corrected chi connectivity index (χ0v) is 22.7. The highest BCUT2D eigenvalue weighted by Crippen LogP contribution is 2.36. The van der Waals surface area contributed by atoms with Crippen molar-refractivity contribution in [2.24, 2.45) is 0 Å². The van der Waals surface area contributed by atoms with Crippen LogP contribution >= 0.6 is 0 Å². The Labute approximate surface area is 230 Å². The van der Waals surface area contributed by atoms with Gasteiger partial charge in [-0.3, -0.25) is 0 Å². The molecule has 1 heterocycles. The normalized spacial score (nSPS) is 12.0. The highest BCUT2D eigenvalue weighted by Gasteiger charge is 2.19. The summed E-state index contributed by atoms with van der Waals surface area (Å²) in [4.78, 5) is 0. The summed E-state index contributed by atoms with van der Waals surface area (Å²) in [6.07, 6.45) is -0.588. The van der Waals surface area contributed by atoms with Crippen molar-refractivity contribution in [2.45, 2.75) is 46.1 Å². The van der Waals surface area contributed by atoms with Crippen molar-refractivity contribution in [3.63, 3.8) is 0 Å². The van der Waals surface area contributed by atoms with Crippen molar-refractivity contribution in [2.75, 3.05) is 6.61 Å². The molecule has 0 aliphatic heterocycles. The van der Waals surface area contributed by atoms with E-state index in [0.717, 1.165) is 50.5 Å². The number of aryl methyl sites for hydroxylation is 1. The second kappa shape index (κ2) is 12.1. The number of para-hydroxylation sites is 1. The fourth-order valence-electron chi connectivity index (χ4n) is 4.83. The molecule has 0 aliphatic carbocycles. The first kappa shape index (κ1) is 26.4. The number of nitrogens with zero attached hydrogens (tertiary/aromatic N) is 1. The lowest BCUT2D eigenvalue weighted by molar-refractivity contribution is 0.0939. The molecule has 0 bridgehead atoms. The maximum atomic E-state index is 11.0. The Balaban J connectivity index is 1.46. The quantitative estimate of drug-likeness (QED) is 0.196. The summed E-state index contributed by atoms with van der Waals surface area (Å²) in [5.41, 5.74) is 5.40. The molecule has 5 rings (SSSR count). The molecule has 4 aromatic carbocycles. The van der Waals surface area contributed by atoms with Crippen LogP contribution in [0.3, 0.4) is 0 Å². The van der Waals surface area contributed by atoms with Gasteiger partial charge >= 0.3 is 0 Å². The van der Waals surface area contributed by atoms with Gasteiger partial charge in [-0.25, -0.2) is 0 Å². The van der Waals surface area contributed by atoms with Crippen molar-refractivity contribution in [3.8, 4) is 28.5 Å². The molecular formula is C34H35NO4. The minimum Gasteiger partial charge on any atom is -0.491 e. The monoisotopic (exact) mass is 521 g/mol. The Morgan fingerprint density at radius 2 is 1.41 bits per heavy atom. The third-order valence-corrected chi connectivity index (χ3v) is 6.61. The Bertz CT molecular complexity index is 1490. The molecule has 5 heteroatoms. The van der Waals surface area contributed by atoms with Gasteiger partial charge < -0.3 is 23.9 Å². The van der Waals surface area contributed by atoms with Gasteiger partial charge in [0.1, 0.15) is 36.6 Å². The molecule has 1 unspecified atom stereocenters. The first-order chi connectivity index (χ1) is 19.0. The van der Waals surface area contributed by atoms with E-state index in [1.165, 1.54) is 0 Å². The van der Waals surface area contributed by atoms with E-state index >= 15 is 0 Å². The topological polar surface area (TPSA) is 52.9 Å². The van der Waals surface area contributed by atoms with Crippen molar-refractivity contribution in [1.82, 2.24) is 4.57 Å². The summed E-state index contributed by atoms with van der Waals surface area (Å²) in [5.74, 6) is 2.39. The number of ether oxygens (including phenoxy) is 3. The molecule has 0 aliphatic rings. The van der Waals surface area contributed by atoms with E-state index in [4.69, 9.17) is 14.2 Å². The van der Waals surface area contributed by atoms with Crippen molar-refractivity contribution in [3.05, 3.63) is 114 Å². The maximum Gasteiger partial charge on any atom is 0.120 e. The predicted octanol–water partition coefficient (Wildman–Crippen LogP) is 7.42. The van der Waals surface area contributed by atoms with Crippen LogP contribution in [0.15, 0.2) is 103 Å². The third-order valence-electron chi connectivity index (χ3n) is 6.61. The van der Waals surface area contributed by atoms with Gasteiger partial charge in [0.15, 0.2) is 0 Å². The molecule has 1 atom stereocenters. The third kappa shape index (κ3) is 6.44. The van der Waals surface area contributed by atoms with E-state index in [1.54, 1.807) is 0 Å². The zero-order valence-electron chi connectivity index (χ0n) is 22.7. The number of hydrogen-bond donors (Lipinski definition) is 1. The fourth-order valence-corrected chi connectivity index (χ4v) is 4.83. The van der Waals surface area contributed by atoms with Crippen LogP contribution in [-0.4, -0.2) is 28.5 Å². The molecule has 0 saturated carbocycles. The van der Waals surface area contributed by atoms with Crippen LogP contribution in [0.1, 0.15) is 25.0 Å². The lowest BCUT2D eigenvalue weighted by Crippen LogP contribution is -2.24. The number of aliphatic hydroxyl groups excluding tert-OH is 1. The molecule has 5 aromatic rings. The van der Waals surface area contributed by atoms with Crippen LogP contribution < -0.4 is 14.2 Å². The standard InChI is InChI=1S/C34H35NO4/c1-24(2)39-30-16-14-27(15-17-30)34-25(3)32-20-31(37-22-26-10-6-4-7-11-26)18-19-33(32)35(34)21-28(36)23-38-29-12-8-5-9-13-29/h4-20,24,28,36H,21-23H2,1-3H3. The molecule has 0 amide bonds. The average molecular weight is 522 g/mol. The molecule has 1 aromatic heterocycles. The molecule has 0 spiro atoms. The van der Waals surface area contributed by atoms with Gasteiger partial charge in [-0.15, -0.1) is 0 Å². The van der Waals surface area contributed by atoms with Crippen molar-refractivity contribution >= 4 is 10.9 Å². The summed E-state index contributed by atoms with van der Waals surface area (Å²) in [6.45, 7) is 7.26. The summed E-state index contributed by atoms with van der Waals surface area (Å²) in [6, 6.07) is 34.1. The largest absolute Gasteiger partial charge is 0.491 e. The highest BCUT2D eigenvalue weighted by atomic mass is 16.5. The number of aromatic nitrogens is 1. The number of benzene rings is 4. The summed E-state index contributed by atoms with van der Waals surface area (Å²) in [5, 5.41) is 12.1. The van der Waals surface area contributed by atoms with Gasteiger partial charge in [-0.05, 0) is 92.1 Å². The molecule has 200 valence electrons. The Morgan fingerprint density at radius 3 is 2.10 bits per heavy atom. The number of aliphatic hydroxyl groups is 1. The molecule has 1 N–H and O–H groups in total. The molecule has 0 fully saturated rings. The van der Waals surface area contributed by atoms with Crippen LogP contribution in [0, 0.1) is 6.92 Å². The first-order valence-corrected chi connectivity index (χ1v) is 13.4. The fraction of sp³-hybridized carbons (Fsp3) is 0.235. The van der Waals surface area contributed by atoms with E-state index in [-0.39, 0.29) is 12.7 Å².